The summed E-state index contributed by atoms with van der Waals surface area (Å²) in [4.78, 5) is 11.2. The molecule has 0 spiro atoms. The molecule has 2 nitrogen and oxygen atoms in total. The Hall–Kier alpha value is -0.530. The van der Waals surface area contributed by atoms with Crippen LogP contribution in [0.4, 0.5) is 0 Å². The van der Waals surface area contributed by atoms with Crippen LogP contribution in [0.3, 0.4) is 0 Å². The molecule has 0 fully saturated rings. The number of rotatable bonds is 3. The van der Waals surface area contributed by atoms with Crippen LogP contribution in [0, 0.1) is 10.8 Å². The first kappa shape index (κ1) is 3.69. The molecule has 0 rings (SSSR count). The number of carboxylic acid groups (broad SMARTS) is 1. The number of hydrogen-bond donors (Lipinski definition) is 1. The van der Waals surface area contributed by atoms with Gasteiger partial charge >= 0.3 is 5.97 Å². The van der Waals surface area contributed by atoms with Gasteiger partial charge in [0.05, 0.1) is 6.37 Å². The summed E-state index contributed by atoms with van der Waals surface area (Å²) < 4.78 is 60.2. The van der Waals surface area contributed by atoms with E-state index in [0.717, 1.165) is 0 Å². The van der Waals surface area contributed by atoms with Gasteiger partial charge in [-0.25, -0.2) is 0 Å². The van der Waals surface area contributed by atoms with Crippen LogP contribution >= 0.6 is 0 Å². The maximum atomic E-state index is 11.2. The van der Waals surface area contributed by atoms with E-state index in [4.69, 9.17) is 16.1 Å². The van der Waals surface area contributed by atoms with Crippen LogP contribution in [0.5, 0.6) is 0 Å². The van der Waals surface area contributed by atoms with Crippen molar-refractivity contribution in [2.24, 2.45) is 10.8 Å². The Bertz CT molecular complexity index is 360. The zero-order valence-electron chi connectivity index (χ0n) is 15.6. The molecule has 0 unspecified atom stereocenters. The van der Waals surface area contributed by atoms with Crippen molar-refractivity contribution < 1.29 is 20.9 Å². The van der Waals surface area contributed by atoms with Gasteiger partial charge in [-0.2, -0.15) is 0 Å². The van der Waals surface area contributed by atoms with Gasteiger partial charge in [0, 0.05) is 11.0 Å². The number of carboxylic acids is 1. The number of aliphatic carboxylic acids is 1. The van der Waals surface area contributed by atoms with E-state index in [-0.39, 0.29) is 0 Å². The highest BCUT2D eigenvalue weighted by atomic mass is 16.4. The molecule has 72 valence electrons. The maximum Gasteiger partial charge on any atom is 0.303 e. The van der Waals surface area contributed by atoms with Crippen molar-refractivity contribution in [3.63, 3.8) is 0 Å². The molecule has 0 aromatic rings. The minimum absolute atomic E-state index is 0.619. The second-order valence-electron chi connectivity index (χ2n) is 4.07. The normalized spacial score (nSPS) is 26.2. The van der Waals surface area contributed by atoms with E-state index in [1.54, 1.807) is 0 Å². The van der Waals surface area contributed by atoms with Crippen LogP contribution in [0.2, 0.25) is 0 Å². The predicted octanol–water partition coefficient (Wildman–Crippen LogP) is 2.92. The van der Waals surface area contributed by atoms with Crippen molar-refractivity contribution in [1.29, 1.82) is 0 Å². The zero-order chi connectivity index (χ0) is 16.8. The monoisotopic (exact) mass is 180 g/mol. The van der Waals surface area contributed by atoms with E-state index in [9.17, 15) is 4.79 Å². The van der Waals surface area contributed by atoms with Gasteiger partial charge in [-0.15, -0.1) is 0 Å². The molecule has 0 aliphatic heterocycles. The molecule has 0 saturated carbocycles. The Kier molecular flexibility index (Phi) is 1.06. The highest BCUT2D eigenvalue weighted by Gasteiger charge is 2.27. The number of hydrogen-bond acceptors (Lipinski definition) is 1. The van der Waals surface area contributed by atoms with Crippen LogP contribution < -0.4 is 0 Å². The fraction of sp³-hybridized carbons (Fsp3) is 0.900. The number of carbonyl (C=O) groups is 1. The summed E-state index contributed by atoms with van der Waals surface area (Å²) in [7, 11) is 0. The van der Waals surface area contributed by atoms with E-state index >= 15 is 0 Å². The lowest BCUT2D eigenvalue weighted by atomic mass is 9.74. The molecule has 0 aliphatic rings. The van der Waals surface area contributed by atoms with E-state index in [1.165, 1.54) is 20.8 Å². The van der Waals surface area contributed by atoms with Gasteiger partial charge in [-0.05, 0) is 17.3 Å². The van der Waals surface area contributed by atoms with Gasteiger partial charge in [0.1, 0.15) is 0 Å². The van der Waals surface area contributed by atoms with Crippen LogP contribution in [0.1, 0.15) is 58.2 Å². The first-order valence-corrected chi connectivity index (χ1v) is 3.63. The third kappa shape index (κ3) is 6.20. The summed E-state index contributed by atoms with van der Waals surface area (Å²) in [6.07, 6.45) is -4.04. The van der Waals surface area contributed by atoms with Crippen molar-refractivity contribution >= 4 is 5.97 Å². The zero-order valence-corrected chi connectivity index (χ0v) is 7.56. The van der Waals surface area contributed by atoms with E-state index in [2.05, 4.69) is 0 Å². The summed E-state index contributed by atoms with van der Waals surface area (Å²) in [6.45, 7) is -1.98. The summed E-state index contributed by atoms with van der Waals surface area (Å²) >= 11 is 0. The molecule has 0 saturated heterocycles. The molecule has 2 heteroatoms. The standard InChI is InChI=1S/C10H20O2/c1-9(2,3)7-10(4,5)6-8(11)12/h6-7H2,1-5H3,(H,11,12)/i4D3,5D3,6D2. The Morgan fingerprint density at radius 3 is 2.25 bits per heavy atom. The molecular formula is C10H20O2. The molecule has 0 aromatic heterocycles. The fourth-order valence-electron chi connectivity index (χ4n) is 1.02. The molecule has 0 aliphatic carbocycles. The fourth-order valence-corrected chi connectivity index (χ4v) is 1.02. The minimum Gasteiger partial charge on any atom is -0.481 e. The lowest BCUT2D eigenvalue weighted by Crippen LogP contribution is -2.23. The van der Waals surface area contributed by atoms with Crippen molar-refractivity contribution in [2.75, 3.05) is 0 Å². The van der Waals surface area contributed by atoms with Crippen LogP contribution in [-0.4, -0.2) is 11.1 Å². The second-order valence-corrected chi connectivity index (χ2v) is 4.07. The minimum atomic E-state index is -3.42. The van der Waals surface area contributed by atoms with E-state index in [1.807, 2.05) is 0 Å². The second kappa shape index (κ2) is 3.46. The summed E-state index contributed by atoms with van der Waals surface area (Å²) in [6, 6.07) is 0. The van der Waals surface area contributed by atoms with Crippen molar-refractivity contribution in [1.82, 2.24) is 0 Å². The van der Waals surface area contributed by atoms with Gasteiger partial charge in [0.2, 0.25) is 0 Å². The average molecular weight is 180 g/mol. The van der Waals surface area contributed by atoms with Gasteiger partial charge in [0.25, 0.3) is 0 Å². The Morgan fingerprint density at radius 1 is 1.50 bits per heavy atom. The highest BCUT2D eigenvalue weighted by Crippen LogP contribution is 2.35. The Balaban J connectivity index is 6.49. The molecule has 0 radical (unpaired) electrons. The Morgan fingerprint density at radius 2 is 2.00 bits per heavy atom. The quantitative estimate of drug-likeness (QED) is 0.725. The topological polar surface area (TPSA) is 37.3 Å². The van der Waals surface area contributed by atoms with Crippen molar-refractivity contribution in [3.05, 3.63) is 0 Å². The van der Waals surface area contributed by atoms with Gasteiger partial charge in [-0.1, -0.05) is 34.5 Å². The van der Waals surface area contributed by atoms with Gasteiger partial charge < -0.3 is 5.11 Å². The molecule has 1 N–H and O–H groups in total. The van der Waals surface area contributed by atoms with E-state index < -0.39 is 43.3 Å². The first-order chi connectivity index (χ1) is 8.40. The summed E-state index contributed by atoms with van der Waals surface area (Å²) in [5.74, 6) is -2.09. The third-order valence-electron chi connectivity index (χ3n) is 1.12. The van der Waals surface area contributed by atoms with Crippen LogP contribution in [0.25, 0.3) is 0 Å². The smallest absolute Gasteiger partial charge is 0.303 e. The van der Waals surface area contributed by atoms with Crippen LogP contribution in [-0.2, 0) is 4.79 Å². The molecular weight excluding hydrogens is 152 g/mol. The molecule has 0 aromatic carbocycles. The third-order valence-corrected chi connectivity index (χ3v) is 1.12. The van der Waals surface area contributed by atoms with Crippen molar-refractivity contribution in [3.8, 4) is 0 Å². The predicted molar refractivity (Wildman–Crippen MR) is 50.1 cm³/mol. The lowest BCUT2D eigenvalue weighted by Gasteiger charge is -2.30. The van der Waals surface area contributed by atoms with E-state index in [0.29, 0.717) is 0 Å². The SMILES string of the molecule is [2H]C([2H])([2H])C(CC(C)(C)C)(C([2H])([2H])[2H])C([2H])([2H])C(=O)O. The highest BCUT2D eigenvalue weighted by molar-refractivity contribution is 5.67. The Labute approximate surface area is 86.2 Å². The molecule has 0 amide bonds. The molecule has 0 bridgehead atoms. The van der Waals surface area contributed by atoms with Gasteiger partial charge in [0.15, 0.2) is 0 Å². The summed E-state index contributed by atoms with van der Waals surface area (Å²) in [5.41, 5.74) is -3.87. The molecule has 0 atom stereocenters. The van der Waals surface area contributed by atoms with Crippen molar-refractivity contribution in [2.45, 2.75) is 47.3 Å². The van der Waals surface area contributed by atoms with Gasteiger partial charge in [-0.3, -0.25) is 4.79 Å². The molecule has 0 heterocycles. The molecule has 12 heavy (non-hydrogen) atoms. The summed E-state index contributed by atoms with van der Waals surface area (Å²) in [5, 5.41) is 9.03. The lowest BCUT2D eigenvalue weighted by molar-refractivity contribution is -0.139. The largest absolute Gasteiger partial charge is 0.481 e. The average Bonchev–Trinajstić information content (AvgIpc) is 2.07. The first-order valence-electron chi connectivity index (χ1n) is 7.63. The van der Waals surface area contributed by atoms with Crippen LogP contribution in [0.15, 0.2) is 0 Å². The maximum absolute atomic E-state index is 11.2.